The van der Waals surface area contributed by atoms with Crippen LogP contribution in [0.1, 0.15) is 15.9 Å². The molecule has 2 rings (SSSR count). The van der Waals surface area contributed by atoms with Gasteiger partial charge in [0.15, 0.2) is 0 Å². The number of aromatic nitrogens is 2. The molecule has 1 heterocycles. The van der Waals surface area contributed by atoms with Gasteiger partial charge < -0.3 is 10.5 Å². The number of hydrogen-bond acceptors (Lipinski definition) is 4. The summed E-state index contributed by atoms with van der Waals surface area (Å²) < 4.78 is 6.63. The highest BCUT2D eigenvalue weighted by atomic mass is 16.5. The number of carbonyl (C=O) groups is 1. The molecule has 0 aliphatic carbocycles. The molecule has 0 aliphatic rings. The molecule has 0 amide bonds. The minimum absolute atomic E-state index is 0.272. The summed E-state index contributed by atoms with van der Waals surface area (Å²) in [4.78, 5) is 11.8. The average molecular weight is 231 g/mol. The molecule has 0 bridgehead atoms. The smallest absolute Gasteiger partial charge is 0.348 e. The Morgan fingerprint density at radius 2 is 2.24 bits per heavy atom. The van der Waals surface area contributed by atoms with Crippen LogP contribution in [0.15, 0.2) is 30.5 Å². The van der Waals surface area contributed by atoms with Gasteiger partial charge in [0.05, 0.1) is 6.20 Å². The van der Waals surface area contributed by atoms with E-state index in [1.807, 2.05) is 19.1 Å². The molecule has 2 N–H and O–H groups in total. The van der Waals surface area contributed by atoms with Gasteiger partial charge in [-0.15, -0.1) is 0 Å². The lowest BCUT2D eigenvalue weighted by molar-refractivity contribution is 0.0736. The predicted octanol–water partition coefficient (Wildman–Crippen LogP) is 1.53. The highest BCUT2D eigenvalue weighted by Crippen LogP contribution is 2.16. The lowest BCUT2D eigenvalue weighted by atomic mass is 10.2. The lowest BCUT2D eigenvalue weighted by Crippen LogP contribution is -2.11. The van der Waals surface area contributed by atoms with E-state index < -0.39 is 5.97 Å². The maximum atomic E-state index is 11.8. The Hall–Kier alpha value is -2.30. The fourth-order valence-corrected chi connectivity index (χ4v) is 1.45. The molecule has 1 aromatic carbocycles. The van der Waals surface area contributed by atoms with Gasteiger partial charge >= 0.3 is 5.97 Å². The second-order valence-electron chi connectivity index (χ2n) is 3.77. The Morgan fingerprint density at radius 3 is 2.82 bits per heavy atom. The molecule has 0 spiro atoms. The van der Waals surface area contributed by atoms with Gasteiger partial charge in [0.1, 0.15) is 17.1 Å². The van der Waals surface area contributed by atoms with Gasteiger partial charge in [-0.25, -0.2) is 4.79 Å². The van der Waals surface area contributed by atoms with Gasteiger partial charge in [-0.3, -0.25) is 4.68 Å². The number of nitrogen functional groups attached to an aromatic ring is 1. The van der Waals surface area contributed by atoms with E-state index in [0.29, 0.717) is 11.6 Å². The number of anilines is 1. The van der Waals surface area contributed by atoms with Gasteiger partial charge in [-0.2, -0.15) is 5.10 Å². The van der Waals surface area contributed by atoms with Crippen LogP contribution in [-0.2, 0) is 7.05 Å². The first-order valence-electron chi connectivity index (χ1n) is 5.14. The molecule has 5 heteroatoms. The standard InChI is InChI=1S/C12H13N3O2/c1-8-4-3-5-9(6-8)17-12(16)10-7-14-15(2)11(10)13/h3-7H,13H2,1-2H3. The van der Waals surface area contributed by atoms with E-state index in [2.05, 4.69) is 5.10 Å². The number of nitrogens with two attached hydrogens (primary N) is 1. The zero-order valence-corrected chi connectivity index (χ0v) is 9.68. The summed E-state index contributed by atoms with van der Waals surface area (Å²) in [7, 11) is 1.67. The van der Waals surface area contributed by atoms with Crippen molar-refractivity contribution in [2.24, 2.45) is 7.05 Å². The third-order valence-electron chi connectivity index (χ3n) is 2.40. The number of nitrogens with zero attached hydrogens (tertiary/aromatic N) is 2. The minimum Gasteiger partial charge on any atom is -0.423 e. The number of carbonyl (C=O) groups excluding carboxylic acids is 1. The molecule has 0 atom stereocenters. The van der Waals surface area contributed by atoms with Gasteiger partial charge in [0, 0.05) is 7.05 Å². The molecule has 17 heavy (non-hydrogen) atoms. The Balaban J connectivity index is 2.20. The predicted molar refractivity (Wildman–Crippen MR) is 63.8 cm³/mol. The molecule has 0 unspecified atom stereocenters. The quantitative estimate of drug-likeness (QED) is 0.628. The van der Waals surface area contributed by atoms with Crippen LogP contribution in [0.2, 0.25) is 0 Å². The van der Waals surface area contributed by atoms with Crippen molar-refractivity contribution in [3.8, 4) is 5.75 Å². The maximum Gasteiger partial charge on any atom is 0.348 e. The van der Waals surface area contributed by atoms with Gasteiger partial charge in [0.2, 0.25) is 0 Å². The third-order valence-corrected chi connectivity index (χ3v) is 2.40. The second-order valence-corrected chi connectivity index (χ2v) is 3.77. The molecule has 1 aromatic heterocycles. The lowest BCUT2D eigenvalue weighted by Gasteiger charge is -2.04. The number of benzene rings is 1. The van der Waals surface area contributed by atoms with Crippen LogP contribution in [0.5, 0.6) is 5.75 Å². The molecule has 0 saturated heterocycles. The third kappa shape index (κ3) is 2.28. The molecule has 88 valence electrons. The maximum absolute atomic E-state index is 11.8. The summed E-state index contributed by atoms with van der Waals surface area (Å²) in [5, 5.41) is 3.89. The summed E-state index contributed by atoms with van der Waals surface area (Å²) in [5.74, 6) is 0.294. The molecule has 0 fully saturated rings. The Bertz CT molecular complexity index is 561. The Kier molecular flexibility index (Phi) is 2.82. The Morgan fingerprint density at radius 1 is 1.47 bits per heavy atom. The highest BCUT2D eigenvalue weighted by Gasteiger charge is 2.15. The number of hydrogen-bond donors (Lipinski definition) is 1. The van der Waals surface area contributed by atoms with Crippen molar-refractivity contribution >= 4 is 11.8 Å². The van der Waals surface area contributed by atoms with Crippen molar-refractivity contribution < 1.29 is 9.53 Å². The van der Waals surface area contributed by atoms with E-state index in [9.17, 15) is 4.79 Å². The van der Waals surface area contributed by atoms with Crippen molar-refractivity contribution in [2.75, 3.05) is 5.73 Å². The largest absolute Gasteiger partial charge is 0.423 e. The van der Waals surface area contributed by atoms with Crippen LogP contribution in [-0.4, -0.2) is 15.7 Å². The summed E-state index contributed by atoms with van der Waals surface area (Å²) in [6, 6.07) is 7.25. The summed E-state index contributed by atoms with van der Waals surface area (Å²) >= 11 is 0. The van der Waals surface area contributed by atoms with Crippen LogP contribution >= 0.6 is 0 Å². The van der Waals surface area contributed by atoms with Gasteiger partial charge in [-0.1, -0.05) is 12.1 Å². The summed E-state index contributed by atoms with van der Waals surface area (Å²) in [6.45, 7) is 1.93. The molecule has 2 aromatic rings. The van der Waals surface area contributed by atoms with E-state index in [4.69, 9.17) is 10.5 Å². The number of ether oxygens (including phenoxy) is 1. The normalized spacial score (nSPS) is 10.2. The fraction of sp³-hybridized carbons (Fsp3) is 0.167. The van der Waals surface area contributed by atoms with Crippen molar-refractivity contribution in [3.63, 3.8) is 0 Å². The van der Waals surface area contributed by atoms with Gasteiger partial charge in [0.25, 0.3) is 0 Å². The first-order valence-corrected chi connectivity index (χ1v) is 5.14. The van der Waals surface area contributed by atoms with Crippen molar-refractivity contribution in [1.29, 1.82) is 0 Å². The first kappa shape index (κ1) is 11.2. The molecule has 0 radical (unpaired) electrons. The fourth-order valence-electron chi connectivity index (χ4n) is 1.45. The molecular formula is C12H13N3O2. The van der Waals surface area contributed by atoms with E-state index in [-0.39, 0.29) is 5.56 Å². The zero-order chi connectivity index (χ0) is 12.4. The molecule has 0 saturated carbocycles. The average Bonchev–Trinajstić information content (AvgIpc) is 2.60. The SMILES string of the molecule is Cc1cccc(OC(=O)c2cnn(C)c2N)c1. The molecule has 0 aliphatic heterocycles. The van der Waals surface area contributed by atoms with Crippen molar-refractivity contribution in [3.05, 3.63) is 41.6 Å². The molecular weight excluding hydrogens is 218 g/mol. The van der Waals surface area contributed by atoms with Crippen LogP contribution in [0.3, 0.4) is 0 Å². The van der Waals surface area contributed by atoms with E-state index in [0.717, 1.165) is 5.56 Å². The molecule has 5 nitrogen and oxygen atoms in total. The van der Waals surface area contributed by atoms with Crippen LogP contribution in [0.4, 0.5) is 5.82 Å². The monoisotopic (exact) mass is 231 g/mol. The number of aryl methyl sites for hydroxylation is 2. The van der Waals surface area contributed by atoms with E-state index >= 15 is 0 Å². The zero-order valence-electron chi connectivity index (χ0n) is 9.68. The van der Waals surface area contributed by atoms with Crippen molar-refractivity contribution in [2.45, 2.75) is 6.92 Å². The minimum atomic E-state index is -0.499. The van der Waals surface area contributed by atoms with Crippen LogP contribution < -0.4 is 10.5 Å². The summed E-state index contributed by atoms with van der Waals surface area (Å²) in [6.07, 6.45) is 1.40. The van der Waals surface area contributed by atoms with E-state index in [1.165, 1.54) is 10.9 Å². The van der Waals surface area contributed by atoms with Crippen LogP contribution in [0.25, 0.3) is 0 Å². The Labute approximate surface area is 98.8 Å². The first-order chi connectivity index (χ1) is 8.08. The summed E-state index contributed by atoms with van der Waals surface area (Å²) in [5.41, 5.74) is 6.98. The van der Waals surface area contributed by atoms with Crippen molar-refractivity contribution in [1.82, 2.24) is 9.78 Å². The van der Waals surface area contributed by atoms with Gasteiger partial charge in [-0.05, 0) is 24.6 Å². The number of rotatable bonds is 2. The topological polar surface area (TPSA) is 70.1 Å². The second kappa shape index (κ2) is 4.29. The van der Waals surface area contributed by atoms with Crippen LogP contribution in [0, 0.1) is 6.92 Å². The highest BCUT2D eigenvalue weighted by molar-refractivity contribution is 5.95. The number of esters is 1. The van der Waals surface area contributed by atoms with E-state index in [1.54, 1.807) is 19.2 Å².